The summed E-state index contributed by atoms with van der Waals surface area (Å²) >= 11 is 3.49. The molecule has 0 fully saturated rings. The van der Waals surface area contributed by atoms with E-state index >= 15 is 0 Å². The molecule has 0 saturated carbocycles. The summed E-state index contributed by atoms with van der Waals surface area (Å²) in [6.07, 6.45) is 4.20. The summed E-state index contributed by atoms with van der Waals surface area (Å²) < 4.78 is 2.61. The minimum atomic E-state index is -0.705. The molecule has 0 spiro atoms. The maximum absolute atomic E-state index is 9.81. The molecule has 0 aliphatic rings. The molecule has 2 aromatic rings. The van der Waals surface area contributed by atoms with E-state index < -0.39 is 5.41 Å². The average Bonchev–Trinajstić information content (AvgIpc) is 2.82. The lowest BCUT2D eigenvalue weighted by Crippen LogP contribution is -2.37. The molecule has 0 saturated heterocycles. The van der Waals surface area contributed by atoms with Gasteiger partial charge in [-0.1, -0.05) is 34.1 Å². The number of aryl methyl sites for hydroxylation is 1. The normalized spacial score (nSPS) is 11.8. The first kappa shape index (κ1) is 14.2. The van der Waals surface area contributed by atoms with Gasteiger partial charge in [0.05, 0.1) is 19.4 Å². The first-order valence-electron chi connectivity index (χ1n) is 6.05. The molecule has 19 heavy (non-hydrogen) atoms. The summed E-state index contributed by atoms with van der Waals surface area (Å²) in [5.74, 6) is 0. The van der Waals surface area contributed by atoms with Crippen molar-refractivity contribution in [1.82, 2.24) is 9.78 Å². The van der Waals surface area contributed by atoms with Gasteiger partial charge in [-0.25, -0.2) is 0 Å². The predicted octanol–water partition coefficient (Wildman–Crippen LogP) is 1.65. The van der Waals surface area contributed by atoms with E-state index in [9.17, 15) is 10.2 Å². The molecule has 5 heteroatoms. The Hall–Kier alpha value is -1.17. The van der Waals surface area contributed by atoms with Gasteiger partial charge in [-0.15, -0.1) is 0 Å². The highest BCUT2D eigenvalue weighted by Gasteiger charge is 2.33. The van der Waals surface area contributed by atoms with E-state index in [1.807, 2.05) is 37.5 Å². The zero-order valence-electron chi connectivity index (χ0n) is 10.8. The second kappa shape index (κ2) is 5.86. The van der Waals surface area contributed by atoms with Crippen molar-refractivity contribution in [1.29, 1.82) is 0 Å². The van der Waals surface area contributed by atoms with Gasteiger partial charge in [0.1, 0.15) is 0 Å². The van der Waals surface area contributed by atoms with Crippen LogP contribution in [0.25, 0.3) is 0 Å². The van der Waals surface area contributed by atoms with E-state index in [1.54, 1.807) is 10.9 Å². The van der Waals surface area contributed by atoms with Crippen LogP contribution in [0.5, 0.6) is 0 Å². The maximum atomic E-state index is 9.81. The number of hydrogen-bond acceptors (Lipinski definition) is 3. The molecule has 0 atom stereocenters. The molecular formula is C14H17BrN2O2. The highest BCUT2D eigenvalue weighted by atomic mass is 79.9. The van der Waals surface area contributed by atoms with Crippen LogP contribution in [0.3, 0.4) is 0 Å². The third-order valence-electron chi connectivity index (χ3n) is 3.35. The van der Waals surface area contributed by atoms with Gasteiger partial charge in [0, 0.05) is 23.1 Å². The summed E-state index contributed by atoms with van der Waals surface area (Å²) in [6, 6.07) is 7.66. The number of hydrogen-bond donors (Lipinski definition) is 2. The van der Waals surface area contributed by atoms with Gasteiger partial charge in [-0.3, -0.25) is 4.68 Å². The van der Waals surface area contributed by atoms with Gasteiger partial charge >= 0.3 is 0 Å². The molecule has 4 nitrogen and oxygen atoms in total. The Labute approximate surface area is 120 Å². The number of aromatic nitrogens is 2. The summed E-state index contributed by atoms with van der Waals surface area (Å²) in [5, 5.41) is 23.8. The van der Waals surface area contributed by atoms with Gasteiger partial charge in [-0.2, -0.15) is 5.10 Å². The van der Waals surface area contributed by atoms with Gasteiger partial charge in [-0.05, 0) is 23.6 Å². The maximum Gasteiger partial charge on any atom is 0.0553 e. The summed E-state index contributed by atoms with van der Waals surface area (Å²) in [5.41, 5.74) is 1.19. The van der Waals surface area contributed by atoms with Crippen LogP contribution in [0, 0.1) is 0 Å². The summed E-state index contributed by atoms with van der Waals surface area (Å²) in [4.78, 5) is 0. The summed E-state index contributed by atoms with van der Waals surface area (Å²) in [6.45, 7) is -0.248. The zero-order chi connectivity index (χ0) is 13.9. The minimum absolute atomic E-state index is 0.124. The fourth-order valence-corrected chi connectivity index (χ4v) is 2.98. The van der Waals surface area contributed by atoms with E-state index in [4.69, 9.17) is 0 Å². The quantitative estimate of drug-likeness (QED) is 0.879. The second-order valence-corrected chi connectivity index (χ2v) is 5.63. The lowest BCUT2D eigenvalue weighted by atomic mass is 9.77. The lowest BCUT2D eigenvalue weighted by Gasteiger charge is -2.31. The minimum Gasteiger partial charge on any atom is -0.395 e. The van der Waals surface area contributed by atoms with Gasteiger partial charge in [0.25, 0.3) is 0 Å². The highest BCUT2D eigenvalue weighted by Crippen LogP contribution is 2.33. The second-order valence-electron chi connectivity index (χ2n) is 4.78. The molecule has 2 rings (SSSR count). The topological polar surface area (TPSA) is 58.3 Å². The van der Waals surface area contributed by atoms with Gasteiger partial charge in [0.2, 0.25) is 0 Å². The monoisotopic (exact) mass is 324 g/mol. The van der Waals surface area contributed by atoms with Crippen molar-refractivity contribution in [3.63, 3.8) is 0 Å². The number of benzene rings is 1. The van der Waals surface area contributed by atoms with Crippen molar-refractivity contribution in [3.05, 3.63) is 52.3 Å². The van der Waals surface area contributed by atoms with E-state index in [0.29, 0.717) is 6.42 Å². The van der Waals surface area contributed by atoms with Crippen LogP contribution in [0.1, 0.15) is 11.1 Å². The molecule has 0 bridgehead atoms. The van der Waals surface area contributed by atoms with Crippen molar-refractivity contribution in [2.24, 2.45) is 7.05 Å². The summed E-state index contributed by atoms with van der Waals surface area (Å²) in [7, 11) is 1.85. The van der Waals surface area contributed by atoms with Gasteiger partial charge < -0.3 is 10.2 Å². The molecule has 1 heterocycles. The van der Waals surface area contributed by atoms with Crippen molar-refractivity contribution < 1.29 is 10.2 Å². The predicted molar refractivity (Wildman–Crippen MR) is 76.9 cm³/mol. The van der Waals surface area contributed by atoms with E-state index in [-0.39, 0.29) is 13.2 Å². The van der Waals surface area contributed by atoms with Crippen LogP contribution in [-0.4, -0.2) is 33.2 Å². The standard InChI is InChI=1S/C14H17BrN2O2/c1-17-8-11(7-16-17)6-14(9-18,10-19)12-4-2-3-5-13(12)15/h2-5,7-8,18-19H,6,9-10H2,1H3. The Morgan fingerprint density at radius 2 is 1.95 bits per heavy atom. The van der Waals surface area contributed by atoms with Crippen molar-refractivity contribution in [2.45, 2.75) is 11.8 Å². The number of aliphatic hydroxyl groups excluding tert-OH is 2. The average molecular weight is 325 g/mol. The third-order valence-corrected chi connectivity index (χ3v) is 4.04. The van der Waals surface area contributed by atoms with Crippen LogP contribution in [0.4, 0.5) is 0 Å². The molecule has 102 valence electrons. The van der Waals surface area contributed by atoms with Crippen molar-refractivity contribution in [2.75, 3.05) is 13.2 Å². The largest absolute Gasteiger partial charge is 0.395 e. The van der Waals surface area contributed by atoms with E-state index in [0.717, 1.165) is 15.6 Å². The van der Waals surface area contributed by atoms with E-state index in [2.05, 4.69) is 21.0 Å². The zero-order valence-corrected chi connectivity index (χ0v) is 12.3. The molecule has 0 unspecified atom stereocenters. The fourth-order valence-electron chi connectivity index (χ4n) is 2.27. The molecule has 0 amide bonds. The Morgan fingerprint density at radius 3 is 2.47 bits per heavy atom. The smallest absolute Gasteiger partial charge is 0.0553 e. The van der Waals surface area contributed by atoms with Crippen molar-refractivity contribution >= 4 is 15.9 Å². The molecule has 1 aromatic carbocycles. The Balaban J connectivity index is 2.40. The van der Waals surface area contributed by atoms with Crippen LogP contribution >= 0.6 is 15.9 Å². The Kier molecular flexibility index (Phi) is 4.39. The number of aliphatic hydroxyl groups is 2. The Morgan fingerprint density at radius 1 is 1.26 bits per heavy atom. The van der Waals surface area contributed by atoms with E-state index in [1.165, 1.54) is 0 Å². The first-order valence-corrected chi connectivity index (χ1v) is 6.85. The van der Waals surface area contributed by atoms with Crippen molar-refractivity contribution in [3.8, 4) is 0 Å². The molecule has 0 radical (unpaired) electrons. The molecule has 0 aliphatic carbocycles. The fraction of sp³-hybridized carbons (Fsp3) is 0.357. The SMILES string of the molecule is Cn1cc(CC(CO)(CO)c2ccccc2Br)cn1. The van der Waals surface area contributed by atoms with Crippen LogP contribution in [0.15, 0.2) is 41.1 Å². The first-order chi connectivity index (χ1) is 9.11. The van der Waals surface area contributed by atoms with Crippen LogP contribution in [-0.2, 0) is 18.9 Å². The number of nitrogens with zero attached hydrogens (tertiary/aromatic N) is 2. The Bertz CT molecular complexity index is 550. The van der Waals surface area contributed by atoms with Crippen LogP contribution < -0.4 is 0 Å². The third kappa shape index (κ3) is 2.88. The molecule has 0 aliphatic heterocycles. The van der Waals surface area contributed by atoms with Gasteiger partial charge in [0.15, 0.2) is 0 Å². The molecule has 1 aromatic heterocycles. The lowest BCUT2D eigenvalue weighted by molar-refractivity contribution is 0.115. The number of halogens is 1. The van der Waals surface area contributed by atoms with Crippen LogP contribution in [0.2, 0.25) is 0 Å². The molecule has 2 N–H and O–H groups in total. The molecular weight excluding hydrogens is 308 g/mol. The highest BCUT2D eigenvalue weighted by molar-refractivity contribution is 9.10. The number of rotatable bonds is 5.